The number of aryl methyl sites for hydroxylation is 1. The lowest BCUT2D eigenvalue weighted by Gasteiger charge is -2.02. The molecular weight excluding hydrogens is 214 g/mol. The van der Waals surface area contributed by atoms with Crippen LogP contribution in [0.3, 0.4) is 0 Å². The third-order valence-electron chi connectivity index (χ3n) is 2.11. The molecule has 1 saturated heterocycles. The van der Waals surface area contributed by atoms with Crippen molar-refractivity contribution in [2.24, 2.45) is 0 Å². The zero-order valence-electron chi connectivity index (χ0n) is 9.19. The van der Waals surface area contributed by atoms with Gasteiger partial charge in [0.15, 0.2) is 5.56 Å². The van der Waals surface area contributed by atoms with Crippen molar-refractivity contribution in [1.82, 2.24) is 5.16 Å². The molecule has 88 valence electrons. The highest BCUT2D eigenvalue weighted by Crippen LogP contribution is 2.24. The Morgan fingerprint density at radius 1 is 1.62 bits per heavy atom. The summed E-state index contributed by atoms with van der Waals surface area (Å²) in [4.78, 5) is 11.6. The van der Waals surface area contributed by atoms with E-state index in [0.717, 1.165) is 0 Å². The molecule has 1 unspecified atom stereocenters. The van der Waals surface area contributed by atoms with E-state index in [0.29, 0.717) is 25.5 Å². The maximum absolute atomic E-state index is 11.6. The minimum absolute atomic E-state index is 0.0976. The van der Waals surface area contributed by atoms with Crippen LogP contribution in [-0.4, -0.2) is 37.1 Å². The van der Waals surface area contributed by atoms with Gasteiger partial charge in [-0.2, -0.15) is 0 Å². The van der Waals surface area contributed by atoms with Gasteiger partial charge in [0.2, 0.25) is 0 Å². The second-order valence-electron chi connectivity index (χ2n) is 3.42. The van der Waals surface area contributed by atoms with Gasteiger partial charge in [-0.3, -0.25) is 0 Å². The van der Waals surface area contributed by atoms with Crippen LogP contribution in [0.4, 0.5) is 0 Å². The molecule has 2 heterocycles. The molecule has 0 radical (unpaired) electrons. The summed E-state index contributed by atoms with van der Waals surface area (Å²) in [6.45, 7) is 4.74. The van der Waals surface area contributed by atoms with E-state index in [1.165, 1.54) is 0 Å². The molecule has 16 heavy (non-hydrogen) atoms. The zero-order valence-corrected chi connectivity index (χ0v) is 9.19. The van der Waals surface area contributed by atoms with Crippen molar-refractivity contribution in [2.75, 3.05) is 19.8 Å². The number of carbonyl (C=O) groups excluding carboxylic acids is 1. The molecule has 0 spiro atoms. The highest BCUT2D eigenvalue weighted by molar-refractivity contribution is 5.92. The number of epoxide rings is 1. The molecular formula is C10H13NO5. The highest BCUT2D eigenvalue weighted by Gasteiger charge is 2.27. The summed E-state index contributed by atoms with van der Waals surface area (Å²) in [5.74, 6) is -0.376. The first-order chi connectivity index (χ1) is 7.72. The molecule has 1 aliphatic rings. The van der Waals surface area contributed by atoms with E-state index < -0.39 is 5.97 Å². The van der Waals surface area contributed by atoms with Crippen LogP contribution in [0.1, 0.15) is 23.0 Å². The second-order valence-corrected chi connectivity index (χ2v) is 3.42. The van der Waals surface area contributed by atoms with Crippen LogP contribution in [0, 0.1) is 6.92 Å². The lowest BCUT2D eigenvalue weighted by Crippen LogP contribution is -2.10. The Labute approximate surface area is 92.4 Å². The number of aromatic nitrogens is 1. The first-order valence-electron chi connectivity index (χ1n) is 5.10. The SMILES string of the molecule is CCOC(=O)c1c(C)noc1OCC1CO1. The molecule has 0 bridgehead atoms. The van der Waals surface area contributed by atoms with Gasteiger partial charge < -0.3 is 18.7 Å². The van der Waals surface area contributed by atoms with Crippen molar-refractivity contribution in [2.45, 2.75) is 20.0 Å². The summed E-state index contributed by atoms with van der Waals surface area (Å²) in [6.07, 6.45) is 0.0976. The van der Waals surface area contributed by atoms with Crippen LogP contribution in [0.2, 0.25) is 0 Å². The molecule has 0 amide bonds. The predicted octanol–water partition coefficient (Wildman–Crippen LogP) is 0.937. The molecule has 1 fully saturated rings. The highest BCUT2D eigenvalue weighted by atomic mass is 16.7. The monoisotopic (exact) mass is 227 g/mol. The Balaban J connectivity index is 2.07. The van der Waals surface area contributed by atoms with Crippen molar-refractivity contribution in [1.29, 1.82) is 0 Å². The van der Waals surface area contributed by atoms with Gasteiger partial charge in [0, 0.05) is 0 Å². The van der Waals surface area contributed by atoms with Crippen molar-refractivity contribution < 1.29 is 23.5 Å². The molecule has 6 heteroatoms. The Hall–Kier alpha value is -1.56. The third-order valence-corrected chi connectivity index (χ3v) is 2.11. The summed E-state index contributed by atoms with van der Waals surface area (Å²) in [5, 5.41) is 3.68. The van der Waals surface area contributed by atoms with E-state index in [-0.39, 0.29) is 17.6 Å². The molecule has 1 aliphatic heterocycles. The molecule has 1 atom stereocenters. The van der Waals surface area contributed by atoms with Gasteiger partial charge in [-0.1, -0.05) is 5.16 Å². The maximum atomic E-state index is 11.6. The average molecular weight is 227 g/mol. The predicted molar refractivity (Wildman–Crippen MR) is 52.4 cm³/mol. The lowest BCUT2D eigenvalue weighted by molar-refractivity contribution is 0.0516. The lowest BCUT2D eigenvalue weighted by atomic mass is 10.2. The van der Waals surface area contributed by atoms with E-state index >= 15 is 0 Å². The number of nitrogens with zero attached hydrogens (tertiary/aromatic N) is 1. The number of carbonyl (C=O) groups is 1. The largest absolute Gasteiger partial charge is 0.462 e. The van der Waals surface area contributed by atoms with Gasteiger partial charge in [-0.25, -0.2) is 4.79 Å². The quantitative estimate of drug-likeness (QED) is 0.550. The maximum Gasteiger partial charge on any atom is 0.347 e. The van der Waals surface area contributed by atoms with Crippen LogP contribution in [0.5, 0.6) is 5.95 Å². The minimum Gasteiger partial charge on any atom is -0.462 e. The van der Waals surface area contributed by atoms with Gasteiger partial charge in [0.1, 0.15) is 12.7 Å². The fourth-order valence-corrected chi connectivity index (χ4v) is 1.21. The fourth-order valence-electron chi connectivity index (χ4n) is 1.21. The van der Waals surface area contributed by atoms with Crippen molar-refractivity contribution >= 4 is 5.97 Å². The van der Waals surface area contributed by atoms with Crippen molar-refractivity contribution in [3.05, 3.63) is 11.3 Å². The van der Waals surface area contributed by atoms with E-state index in [4.69, 9.17) is 18.7 Å². The fraction of sp³-hybridized carbons (Fsp3) is 0.600. The van der Waals surface area contributed by atoms with Gasteiger partial charge in [0.05, 0.1) is 18.9 Å². The number of hydrogen-bond donors (Lipinski definition) is 0. The van der Waals surface area contributed by atoms with Gasteiger partial charge in [0.25, 0.3) is 0 Å². The molecule has 1 aromatic rings. The van der Waals surface area contributed by atoms with Gasteiger partial charge >= 0.3 is 11.9 Å². The minimum atomic E-state index is -0.479. The molecule has 6 nitrogen and oxygen atoms in total. The summed E-state index contributed by atoms with van der Waals surface area (Å²) in [6, 6.07) is 0. The van der Waals surface area contributed by atoms with E-state index in [2.05, 4.69) is 5.16 Å². The summed E-state index contributed by atoms with van der Waals surface area (Å²) < 4.78 is 20.1. The number of esters is 1. The summed E-state index contributed by atoms with van der Waals surface area (Å²) in [5.41, 5.74) is 0.715. The molecule has 0 saturated carbocycles. The van der Waals surface area contributed by atoms with E-state index in [1.807, 2.05) is 0 Å². The molecule has 2 rings (SSSR count). The zero-order chi connectivity index (χ0) is 11.5. The standard InChI is InChI=1S/C10H13NO5/c1-3-13-9(12)8-6(2)11-16-10(8)15-5-7-4-14-7/h7H,3-5H2,1-2H3. The van der Waals surface area contributed by atoms with Crippen LogP contribution >= 0.6 is 0 Å². The second kappa shape index (κ2) is 4.52. The Morgan fingerprint density at radius 2 is 2.38 bits per heavy atom. The molecule has 1 aromatic heterocycles. The van der Waals surface area contributed by atoms with E-state index in [9.17, 15) is 4.79 Å². The molecule has 0 N–H and O–H groups in total. The topological polar surface area (TPSA) is 74.1 Å². The van der Waals surface area contributed by atoms with Crippen LogP contribution in [0.15, 0.2) is 4.52 Å². The van der Waals surface area contributed by atoms with Crippen LogP contribution in [0.25, 0.3) is 0 Å². The van der Waals surface area contributed by atoms with Crippen LogP contribution in [-0.2, 0) is 9.47 Å². The molecule has 0 aliphatic carbocycles. The van der Waals surface area contributed by atoms with Crippen LogP contribution < -0.4 is 4.74 Å². The van der Waals surface area contributed by atoms with Gasteiger partial charge in [-0.15, -0.1) is 0 Å². The average Bonchev–Trinajstić information content (AvgIpc) is 3.00. The summed E-state index contributed by atoms with van der Waals surface area (Å²) in [7, 11) is 0. The van der Waals surface area contributed by atoms with Gasteiger partial charge in [-0.05, 0) is 13.8 Å². The number of hydrogen-bond acceptors (Lipinski definition) is 6. The molecule has 0 aromatic carbocycles. The smallest absolute Gasteiger partial charge is 0.347 e. The Morgan fingerprint density at radius 3 is 3.00 bits per heavy atom. The van der Waals surface area contributed by atoms with Crippen molar-refractivity contribution in [3.8, 4) is 5.95 Å². The number of rotatable bonds is 5. The number of ether oxygens (including phenoxy) is 3. The third kappa shape index (κ3) is 2.33. The first kappa shape index (κ1) is 10.9. The van der Waals surface area contributed by atoms with Crippen molar-refractivity contribution in [3.63, 3.8) is 0 Å². The Bertz CT molecular complexity index is 383. The normalized spacial score (nSPS) is 18.2. The Kier molecular flexibility index (Phi) is 3.09. The summed E-state index contributed by atoms with van der Waals surface area (Å²) >= 11 is 0. The first-order valence-corrected chi connectivity index (χ1v) is 5.10. The van der Waals surface area contributed by atoms with E-state index in [1.54, 1.807) is 13.8 Å².